The SMILES string of the molecule is CCn1c(C)cc(C)c(C(=O)N2CCC[C@]3(CN(C)C(=O)O3)C2)c1=O. The summed E-state index contributed by atoms with van der Waals surface area (Å²) in [6, 6.07) is 1.88. The number of rotatable bonds is 2. The third-order valence-electron chi connectivity index (χ3n) is 5.20. The Kier molecular flexibility index (Phi) is 4.34. The average molecular weight is 347 g/mol. The normalized spacial score (nSPS) is 23.3. The number of carbonyl (C=O) groups excluding carboxylic acids is 2. The molecular weight excluding hydrogens is 322 g/mol. The minimum absolute atomic E-state index is 0.224. The molecule has 7 heteroatoms. The fourth-order valence-corrected chi connectivity index (χ4v) is 4.01. The summed E-state index contributed by atoms with van der Waals surface area (Å²) in [6.45, 7) is 7.46. The van der Waals surface area contributed by atoms with E-state index in [0.29, 0.717) is 31.7 Å². The molecule has 2 aliphatic rings. The monoisotopic (exact) mass is 347 g/mol. The molecule has 0 aromatic carbocycles. The van der Waals surface area contributed by atoms with Gasteiger partial charge in [-0.05, 0) is 45.2 Å². The molecule has 1 atom stereocenters. The molecular formula is C18H25N3O4. The van der Waals surface area contributed by atoms with Crippen LogP contribution in [0.1, 0.15) is 41.4 Å². The van der Waals surface area contributed by atoms with Gasteiger partial charge in [0.2, 0.25) is 0 Å². The largest absolute Gasteiger partial charge is 0.439 e. The number of hydrogen-bond acceptors (Lipinski definition) is 4. The number of ether oxygens (including phenoxy) is 1. The molecule has 0 saturated carbocycles. The zero-order valence-corrected chi connectivity index (χ0v) is 15.3. The number of aromatic nitrogens is 1. The van der Waals surface area contributed by atoms with Crippen LogP contribution in [0.5, 0.6) is 0 Å². The van der Waals surface area contributed by atoms with Crippen molar-refractivity contribution in [3.05, 3.63) is 33.2 Å². The Morgan fingerprint density at radius 3 is 2.60 bits per heavy atom. The van der Waals surface area contributed by atoms with Crippen LogP contribution in [0.3, 0.4) is 0 Å². The molecule has 1 aromatic rings. The second kappa shape index (κ2) is 6.20. The van der Waals surface area contributed by atoms with E-state index in [-0.39, 0.29) is 23.1 Å². The summed E-state index contributed by atoms with van der Waals surface area (Å²) in [5.74, 6) is -0.269. The zero-order chi connectivity index (χ0) is 18.4. The van der Waals surface area contributed by atoms with Gasteiger partial charge in [0.15, 0.2) is 0 Å². The van der Waals surface area contributed by atoms with Gasteiger partial charge in [0.05, 0.1) is 13.1 Å². The number of likely N-dealkylation sites (tertiary alicyclic amines) is 1. The predicted octanol–water partition coefficient (Wildman–Crippen LogP) is 1.54. The fraction of sp³-hybridized carbons (Fsp3) is 0.611. The molecule has 1 spiro atoms. The summed E-state index contributed by atoms with van der Waals surface area (Å²) in [7, 11) is 1.70. The molecule has 136 valence electrons. The number of nitrogens with zero attached hydrogens (tertiary/aromatic N) is 3. The van der Waals surface area contributed by atoms with Crippen LogP contribution in [0.2, 0.25) is 0 Å². The third kappa shape index (κ3) is 2.92. The second-order valence-corrected chi connectivity index (χ2v) is 7.13. The molecule has 3 rings (SSSR count). The lowest BCUT2D eigenvalue weighted by atomic mass is 9.92. The lowest BCUT2D eigenvalue weighted by Gasteiger charge is -2.38. The van der Waals surface area contributed by atoms with E-state index in [2.05, 4.69) is 0 Å². The summed E-state index contributed by atoms with van der Waals surface area (Å²) >= 11 is 0. The van der Waals surface area contributed by atoms with Gasteiger partial charge in [0.25, 0.3) is 11.5 Å². The Balaban J connectivity index is 1.92. The summed E-state index contributed by atoms with van der Waals surface area (Å²) < 4.78 is 7.17. The lowest BCUT2D eigenvalue weighted by molar-refractivity contribution is -0.00533. The van der Waals surface area contributed by atoms with E-state index >= 15 is 0 Å². The molecule has 3 heterocycles. The van der Waals surface area contributed by atoms with E-state index in [1.807, 2.05) is 19.9 Å². The van der Waals surface area contributed by atoms with Gasteiger partial charge in [0.1, 0.15) is 11.2 Å². The number of hydrogen-bond donors (Lipinski definition) is 0. The van der Waals surface area contributed by atoms with E-state index in [1.54, 1.807) is 23.4 Å². The highest BCUT2D eigenvalue weighted by Crippen LogP contribution is 2.32. The lowest BCUT2D eigenvalue weighted by Crippen LogP contribution is -2.53. The molecule has 0 N–H and O–H groups in total. The van der Waals surface area contributed by atoms with Crippen molar-refractivity contribution in [3.63, 3.8) is 0 Å². The Hall–Kier alpha value is -2.31. The van der Waals surface area contributed by atoms with Gasteiger partial charge in [-0.25, -0.2) is 4.79 Å². The maximum atomic E-state index is 13.1. The Morgan fingerprint density at radius 1 is 1.28 bits per heavy atom. The van der Waals surface area contributed by atoms with Crippen LogP contribution in [0, 0.1) is 13.8 Å². The number of pyridine rings is 1. The molecule has 2 fully saturated rings. The van der Waals surface area contributed by atoms with Crippen LogP contribution in [0.4, 0.5) is 4.79 Å². The van der Waals surface area contributed by atoms with Crippen molar-refractivity contribution < 1.29 is 14.3 Å². The van der Waals surface area contributed by atoms with Crippen molar-refractivity contribution in [3.8, 4) is 0 Å². The first-order valence-corrected chi connectivity index (χ1v) is 8.72. The summed E-state index contributed by atoms with van der Waals surface area (Å²) in [5, 5.41) is 0. The van der Waals surface area contributed by atoms with E-state index in [1.165, 1.54) is 4.90 Å². The van der Waals surface area contributed by atoms with Gasteiger partial charge in [-0.2, -0.15) is 0 Å². The molecule has 2 saturated heterocycles. The van der Waals surface area contributed by atoms with Crippen molar-refractivity contribution in [2.45, 2.75) is 45.8 Å². The highest BCUT2D eigenvalue weighted by atomic mass is 16.6. The third-order valence-corrected chi connectivity index (χ3v) is 5.20. The van der Waals surface area contributed by atoms with E-state index in [9.17, 15) is 14.4 Å². The Labute approximate surface area is 147 Å². The van der Waals surface area contributed by atoms with Gasteiger partial charge in [-0.15, -0.1) is 0 Å². The second-order valence-electron chi connectivity index (χ2n) is 7.13. The smallest absolute Gasteiger partial charge is 0.410 e. The highest BCUT2D eigenvalue weighted by molar-refractivity contribution is 5.95. The van der Waals surface area contributed by atoms with E-state index in [4.69, 9.17) is 4.74 Å². The van der Waals surface area contributed by atoms with Crippen molar-refractivity contribution in [1.29, 1.82) is 0 Å². The fourth-order valence-electron chi connectivity index (χ4n) is 4.01. The van der Waals surface area contributed by atoms with Crippen LogP contribution in [-0.4, -0.2) is 58.7 Å². The molecule has 0 unspecified atom stereocenters. The molecule has 2 aliphatic heterocycles. The first kappa shape index (κ1) is 17.5. The van der Waals surface area contributed by atoms with Crippen molar-refractivity contribution in [1.82, 2.24) is 14.4 Å². The maximum Gasteiger partial charge on any atom is 0.410 e. The van der Waals surface area contributed by atoms with Crippen LogP contribution in [-0.2, 0) is 11.3 Å². The first-order chi connectivity index (χ1) is 11.8. The molecule has 0 aliphatic carbocycles. The molecule has 0 bridgehead atoms. The van der Waals surface area contributed by atoms with E-state index < -0.39 is 5.60 Å². The maximum absolute atomic E-state index is 13.1. The van der Waals surface area contributed by atoms with Crippen LogP contribution in [0.25, 0.3) is 0 Å². The van der Waals surface area contributed by atoms with E-state index in [0.717, 1.165) is 18.5 Å². The van der Waals surface area contributed by atoms with Crippen molar-refractivity contribution in [2.75, 3.05) is 26.7 Å². The Bertz CT molecular complexity index is 785. The average Bonchev–Trinajstić information content (AvgIpc) is 2.80. The number of aryl methyl sites for hydroxylation is 2. The molecule has 7 nitrogen and oxygen atoms in total. The number of carbonyl (C=O) groups is 2. The van der Waals surface area contributed by atoms with Crippen LogP contribution < -0.4 is 5.56 Å². The quantitative estimate of drug-likeness (QED) is 0.814. The molecule has 1 aromatic heterocycles. The molecule has 2 amide bonds. The minimum atomic E-state index is -0.651. The topological polar surface area (TPSA) is 71.8 Å². The van der Waals surface area contributed by atoms with Gasteiger partial charge in [0, 0.05) is 25.8 Å². The summed E-state index contributed by atoms with van der Waals surface area (Å²) in [6.07, 6.45) is 1.13. The first-order valence-electron chi connectivity index (χ1n) is 8.72. The van der Waals surface area contributed by atoms with Gasteiger partial charge in [-0.1, -0.05) is 0 Å². The Morgan fingerprint density at radius 2 is 2.00 bits per heavy atom. The van der Waals surface area contributed by atoms with Crippen molar-refractivity contribution >= 4 is 12.0 Å². The van der Waals surface area contributed by atoms with Gasteiger partial charge in [-0.3, -0.25) is 9.59 Å². The molecule has 0 radical (unpaired) electrons. The highest BCUT2D eigenvalue weighted by Gasteiger charge is 2.47. The van der Waals surface area contributed by atoms with Crippen LogP contribution >= 0.6 is 0 Å². The van der Waals surface area contributed by atoms with Gasteiger partial charge < -0.3 is 19.1 Å². The van der Waals surface area contributed by atoms with Gasteiger partial charge >= 0.3 is 6.09 Å². The number of likely N-dealkylation sites (N-methyl/N-ethyl adjacent to an activating group) is 1. The van der Waals surface area contributed by atoms with Crippen LogP contribution in [0.15, 0.2) is 10.9 Å². The minimum Gasteiger partial charge on any atom is -0.439 e. The standard InChI is InChI=1S/C18H25N3O4/c1-5-21-13(3)9-12(2)14(16(21)23)15(22)20-8-6-7-18(11-20)10-19(4)17(24)25-18/h9H,5-8,10-11H2,1-4H3/t18-/m0/s1. The number of piperidine rings is 1. The summed E-state index contributed by atoms with van der Waals surface area (Å²) in [5.41, 5.74) is 0.870. The molecule has 25 heavy (non-hydrogen) atoms. The summed E-state index contributed by atoms with van der Waals surface area (Å²) in [4.78, 5) is 40.8. The number of amides is 2. The zero-order valence-electron chi connectivity index (χ0n) is 15.3. The van der Waals surface area contributed by atoms with Crippen molar-refractivity contribution in [2.24, 2.45) is 0 Å². The predicted molar refractivity (Wildman–Crippen MR) is 92.8 cm³/mol.